The Hall–Kier alpha value is -0.570. The highest BCUT2D eigenvalue weighted by Crippen LogP contribution is 2.23. The molecule has 1 saturated heterocycles. The van der Waals surface area contributed by atoms with Crippen LogP contribution in [0, 0.1) is 11.8 Å². The first-order chi connectivity index (χ1) is 7.24. The van der Waals surface area contributed by atoms with E-state index in [1.807, 2.05) is 0 Å². The molecule has 0 unspecified atom stereocenters. The van der Waals surface area contributed by atoms with Gasteiger partial charge >= 0.3 is 0 Å². The van der Waals surface area contributed by atoms with Gasteiger partial charge in [0.25, 0.3) is 0 Å². The third-order valence-electron chi connectivity index (χ3n) is 3.72. The van der Waals surface area contributed by atoms with E-state index < -0.39 is 0 Å². The lowest BCUT2D eigenvalue weighted by molar-refractivity contribution is -0.123. The Bertz CT molecular complexity index is 218. The van der Waals surface area contributed by atoms with Crippen LogP contribution in [0.4, 0.5) is 0 Å². The van der Waals surface area contributed by atoms with Gasteiger partial charge in [0.2, 0.25) is 5.91 Å². The third kappa shape index (κ3) is 3.20. The van der Waals surface area contributed by atoms with Crippen LogP contribution < -0.4 is 10.6 Å². The molecule has 2 N–H and O–H groups in total. The van der Waals surface area contributed by atoms with E-state index in [4.69, 9.17) is 0 Å². The van der Waals surface area contributed by atoms with Gasteiger partial charge in [-0.25, -0.2) is 0 Å². The Kier molecular flexibility index (Phi) is 3.62. The molecule has 1 aliphatic carbocycles. The van der Waals surface area contributed by atoms with Crippen molar-refractivity contribution in [1.82, 2.24) is 10.6 Å². The Balaban J connectivity index is 1.64. The van der Waals surface area contributed by atoms with Crippen molar-refractivity contribution in [3.05, 3.63) is 0 Å². The summed E-state index contributed by atoms with van der Waals surface area (Å²) in [7, 11) is 0. The van der Waals surface area contributed by atoms with E-state index in [2.05, 4.69) is 17.6 Å². The number of hydrogen-bond donors (Lipinski definition) is 2. The molecule has 1 amide bonds. The SMILES string of the molecule is CC1CCC(NC(=O)CC2CNC2)CC1. The Morgan fingerprint density at radius 1 is 1.27 bits per heavy atom. The minimum Gasteiger partial charge on any atom is -0.353 e. The second kappa shape index (κ2) is 4.97. The summed E-state index contributed by atoms with van der Waals surface area (Å²) in [4.78, 5) is 11.7. The van der Waals surface area contributed by atoms with E-state index >= 15 is 0 Å². The minimum absolute atomic E-state index is 0.265. The number of amides is 1. The van der Waals surface area contributed by atoms with E-state index in [-0.39, 0.29) is 5.91 Å². The average Bonchev–Trinajstić information content (AvgIpc) is 2.16. The summed E-state index contributed by atoms with van der Waals surface area (Å²) in [6.07, 6.45) is 5.62. The van der Waals surface area contributed by atoms with Crippen molar-refractivity contribution in [1.29, 1.82) is 0 Å². The predicted molar refractivity (Wildman–Crippen MR) is 60.5 cm³/mol. The van der Waals surface area contributed by atoms with Gasteiger partial charge in [-0.1, -0.05) is 6.92 Å². The molecule has 0 bridgehead atoms. The maximum absolute atomic E-state index is 11.7. The van der Waals surface area contributed by atoms with Gasteiger partial charge in [0, 0.05) is 12.5 Å². The molecule has 2 rings (SSSR count). The Morgan fingerprint density at radius 2 is 1.93 bits per heavy atom. The van der Waals surface area contributed by atoms with Crippen molar-refractivity contribution in [2.45, 2.75) is 45.1 Å². The van der Waals surface area contributed by atoms with Crippen LogP contribution in [-0.4, -0.2) is 25.0 Å². The molecule has 86 valence electrons. The van der Waals surface area contributed by atoms with Crippen LogP contribution in [-0.2, 0) is 4.79 Å². The number of nitrogens with one attached hydrogen (secondary N) is 2. The molecule has 0 aromatic carbocycles. The minimum atomic E-state index is 0.265. The summed E-state index contributed by atoms with van der Waals surface area (Å²) in [6.45, 7) is 4.35. The summed E-state index contributed by atoms with van der Waals surface area (Å²) in [5.41, 5.74) is 0. The number of hydrogen-bond acceptors (Lipinski definition) is 2. The lowest BCUT2D eigenvalue weighted by atomic mass is 9.87. The van der Waals surface area contributed by atoms with Gasteiger partial charge in [-0.15, -0.1) is 0 Å². The van der Waals surface area contributed by atoms with Gasteiger partial charge in [0.05, 0.1) is 0 Å². The molecule has 1 aliphatic heterocycles. The lowest BCUT2D eigenvalue weighted by Crippen LogP contribution is -2.46. The topological polar surface area (TPSA) is 41.1 Å². The quantitative estimate of drug-likeness (QED) is 0.737. The van der Waals surface area contributed by atoms with Crippen LogP contribution in [0.25, 0.3) is 0 Å². The van der Waals surface area contributed by atoms with E-state index in [9.17, 15) is 4.79 Å². The van der Waals surface area contributed by atoms with Crippen LogP contribution in [0.3, 0.4) is 0 Å². The van der Waals surface area contributed by atoms with Crippen LogP contribution in [0.5, 0.6) is 0 Å². The van der Waals surface area contributed by atoms with Gasteiger partial charge in [0.1, 0.15) is 0 Å². The normalized spacial score (nSPS) is 32.1. The zero-order chi connectivity index (χ0) is 10.7. The summed E-state index contributed by atoms with van der Waals surface area (Å²) in [5.74, 6) is 1.71. The molecule has 3 nitrogen and oxygen atoms in total. The number of carbonyl (C=O) groups is 1. The molecule has 1 heterocycles. The molecule has 15 heavy (non-hydrogen) atoms. The van der Waals surface area contributed by atoms with E-state index in [1.165, 1.54) is 25.7 Å². The first kappa shape index (κ1) is 10.9. The monoisotopic (exact) mass is 210 g/mol. The summed E-state index contributed by atoms with van der Waals surface area (Å²) in [6, 6.07) is 0.460. The lowest BCUT2D eigenvalue weighted by Gasteiger charge is -2.30. The third-order valence-corrected chi connectivity index (χ3v) is 3.72. The summed E-state index contributed by atoms with van der Waals surface area (Å²) in [5, 5.41) is 6.37. The molecule has 2 fully saturated rings. The summed E-state index contributed by atoms with van der Waals surface area (Å²) < 4.78 is 0. The Labute approximate surface area is 92.0 Å². The van der Waals surface area contributed by atoms with Gasteiger partial charge in [-0.05, 0) is 50.6 Å². The van der Waals surface area contributed by atoms with Crippen molar-refractivity contribution in [2.75, 3.05) is 13.1 Å². The number of carbonyl (C=O) groups excluding carboxylic acids is 1. The first-order valence-electron chi connectivity index (χ1n) is 6.24. The van der Waals surface area contributed by atoms with Crippen molar-refractivity contribution in [3.8, 4) is 0 Å². The van der Waals surface area contributed by atoms with Gasteiger partial charge in [-0.2, -0.15) is 0 Å². The van der Waals surface area contributed by atoms with E-state index in [0.717, 1.165) is 25.4 Å². The maximum atomic E-state index is 11.7. The van der Waals surface area contributed by atoms with Crippen LogP contribution in [0.15, 0.2) is 0 Å². The highest BCUT2D eigenvalue weighted by molar-refractivity contribution is 5.76. The van der Waals surface area contributed by atoms with Gasteiger partial charge < -0.3 is 10.6 Å². The zero-order valence-electron chi connectivity index (χ0n) is 9.59. The molecule has 1 saturated carbocycles. The maximum Gasteiger partial charge on any atom is 0.220 e. The zero-order valence-corrected chi connectivity index (χ0v) is 9.59. The molecule has 2 aliphatic rings. The molecule has 0 radical (unpaired) electrons. The predicted octanol–water partition coefficient (Wildman–Crippen LogP) is 1.29. The first-order valence-corrected chi connectivity index (χ1v) is 6.24. The number of rotatable bonds is 3. The van der Waals surface area contributed by atoms with Crippen molar-refractivity contribution in [2.24, 2.45) is 11.8 Å². The standard InChI is InChI=1S/C12H22N2O/c1-9-2-4-11(5-3-9)14-12(15)6-10-7-13-8-10/h9-11,13H,2-8H2,1H3,(H,14,15). The smallest absolute Gasteiger partial charge is 0.220 e. The van der Waals surface area contributed by atoms with Crippen molar-refractivity contribution in [3.63, 3.8) is 0 Å². The highest BCUT2D eigenvalue weighted by atomic mass is 16.1. The molecule has 0 aromatic heterocycles. The van der Waals surface area contributed by atoms with Gasteiger partial charge in [0.15, 0.2) is 0 Å². The average molecular weight is 210 g/mol. The fourth-order valence-corrected chi connectivity index (χ4v) is 2.45. The van der Waals surface area contributed by atoms with Crippen LogP contribution in [0.1, 0.15) is 39.0 Å². The second-order valence-electron chi connectivity index (χ2n) is 5.25. The molecule has 0 spiro atoms. The Morgan fingerprint density at radius 3 is 2.47 bits per heavy atom. The van der Waals surface area contributed by atoms with Crippen LogP contribution in [0.2, 0.25) is 0 Å². The highest BCUT2D eigenvalue weighted by Gasteiger charge is 2.23. The van der Waals surface area contributed by atoms with Crippen molar-refractivity contribution >= 4 is 5.91 Å². The summed E-state index contributed by atoms with van der Waals surface area (Å²) >= 11 is 0. The fourth-order valence-electron chi connectivity index (χ4n) is 2.45. The molecule has 0 aromatic rings. The van der Waals surface area contributed by atoms with Gasteiger partial charge in [-0.3, -0.25) is 4.79 Å². The largest absolute Gasteiger partial charge is 0.353 e. The van der Waals surface area contributed by atoms with E-state index in [0.29, 0.717) is 12.0 Å². The molecule has 3 heteroatoms. The fraction of sp³-hybridized carbons (Fsp3) is 0.917. The second-order valence-corrected chi connectivity index (χ2v) is 5.25. The molecular formula is C12H22N2O. The van der Waals surface area contributed by atoms with Crippen molar-refractivity contribution < 1.29 is 4.79 Å². The van der Waals surface area contributed by atoms with E-state index in [1.54, 1.807) is 0 Å². The molecule has 0 atom stereocenters. The molecular weight excluding hydrogens is 188 g/mol. The van der Waals surface area contributed by atoms with Crippen LogP contribution >= 0.6 is 0 Å².